The van der Waals surface area contributed by atoms with Crippen LogP contribution >= 0.6 is 0 Å². The fourth-order valence-corrected chi connectivity index (χ4v) is 2.53. The van der Waals surface area contributed by atoms with Crippen LogP contribution in [0.5, 0.6) is 0 Å². The minimum Gasteiger partial charge on any atom is -0.465 e. The molecule has 26 heavy (non-hydrogen) atoms. The van der Waals surface area contributed by atoms with Crippen LogP contribution in [0.2, 0.25) is 0 Å². The van der Waals surface area contributed by atoms with Crippen molar-refractivity contribution in [3.05, 3.63) is 58.1 Å². The van der Waals surface area contributed by atoms with Crippen LogP contribution in [0.15, 0.2) is 45.6 Å². The zero-order valence-corrected chi connectivity index (χ0v) is 14.7. The van der Waals surface area contributed by atoms with Gasteiger partial charge in [-0.2, -0.15) is 0 Å². The van der Waals surface area contributed by atoms with E-state index in [1.54, 1.807) is 38.1 Å². The van der Waals surface area contributed by atoms with Gasteiger partial charge < -0.3 is 19.6 Å². The Balaban J connectivity index is 2.57. The number of benzene rings is 1. The van der Waals surface area contributed by atoms with E-state index in [0.29, 0.717) is 16.7 Å². The van der Waals surface area contributed by atoms with E-state index in [1.165, 1.54) is 6.07 Å². The minimum absolute atomic E-state index is 0.0149. The summed E-state index contributed by atoms with van der Waals surface area (Å²) in [5, 5.41) is 0. The van der Waals surface area contributed by atoms with Gasteiger partial charge in [0.2, 0.25) is 5.76 Å². The molecule has 0 aliphatic heterocycles. The molecule has 0 amide bonds. The van der Waals surface area contributed by atoms with Gasteiger partial charge in [-0.05, 0) is 31.4 Å². The lowest BCUT2D eigenvalue weighted by Gasteiger charge is -2.15. The number of esters is 2. The van der Waals surface area contributed by atoms with E-state index < -0.39 is 23.6 Å². The largest absolute Gasteiger partial charge is 0.465 e. The van der Waals surface area contributed by atoms with Gasteiger partial charge in [-0.25, -0.2) is 9.59 Å². The van der Waals surface area contributed by atoms with Gasteiger partial charge in [0.15, 0.2) is 0 Å². The molecule has 0 aliphatic carbocycles. The SMILES string of the molecule is CCOC(=O)c1oc(=O)cc(CC(N)C(=O)OCC)c1-c1ccccc1. The van der Waals surface area contributed by atoms with Crippen molar-refractivity contribution in [3.8, 4) is 11.1 Å². The monoisotopic (exact) mass is 359 g/mol. The van der Waals surface area contributed by atoms with Crippen molar-refractivity contribution in [2.24, 2.45) is 5.73 Å². The summed E-state index contributed by atoms with van der Waals surface area (Å²) in [4.78, 5) is 36.1. The predicted molar refractivity (Wildman–Crippen MR) is 94.7 cm³/mol. The van der Waals surface area contributed by atoms with Crippen molar-refractivity contribution in [3.63, 3.8) is 0 Å². The molecule has 1 atom stereocenters. The molecule has 0 aliphatic rings. The lowest BCUT2D eigenvalue weighted by molar-refractivity contribution is -0.144. The fraction of sp³-hybridized carbons (Fsp3) is 0.316. The smallest absolute Gasteiger partial charge is 0.375 e. The quantitative estimate of drug-likeness (QED) is 0.752. The van der Waals surface area contributed by atoms with Crippen LogP contribution in [0.25, 0.3) is 11.1 Å². The molecule has 1 aromatic carbocycles. The average molecular weight is 359 g/mol. The Morgan fingerprint density at radius 1 is 1.12 bits per heavy atom. The van der Waals surface area contributed by atoms with E-state index >= 15 is 0 Å². The lowest BCUT2D eigenvalue weighted by atomic mass is 9.95. The number of nitrogens with two attached hydrogens (primary N) is 1. The summed E-state index contributed by atoms with van der Waals surface area (Å²) in [7, 11) is 0. The molecular weight excluding hydrogens is 338 g/mol. The van der Waals surface area contributed by atoms with Crippen molar-refractivity contribution < 1.29 is 23.5 Å². The van der Waals surface area contributed by atoms with Gasteiger partial charge in [0, 0.05) is 11.6 Å². The number of hydrogen-bond acceptors (Lipinski definition) is 7. The van der Waals surface area contributed by atoms with Crippen LogP contribution in [0, 0.1) is 0 Å². The summed E-state index contributed by atoms with van der Waals surface area (Å²) in [6.45, 7) is 3.65. The van der Waals surface area contributed by atoms with Crippen molar-refractivity contribution in [1.29, 1.82) is 0 Å². The topological polar surface area (TPSA) is 109 Å². The molecule has 1 heterocycles. The average Bonchev–Trinajstić information content (AvgIpc) is 2.62. The van der Waals surface area contributed by atoms with Gasteiger partial charge >= 0.3 is 17.6 Å². The van der Waals surface area contributed by atoms with Crippen LogP contribution in [-0.2, 0) is 20.7 Å². The summed E-state index contributed by atoms with van der Waals surface area (Å²) >= 11 is 0. The molecular formula is C19H21NO6. The van der Waals surface area contributed by atoms with E-state index in [4.69, 9.17) is 19.6 Å². The van der Waals surface area contributed by atoms with E-state index in [1.807, 2.05) is 6.07 Å². The maximum absolute atomic E-state index is 12.3. The maximum Gasteiger partial charge on any atom is 0.375 e. The predicted octanol–water partition coefficient (Wildman–Crippen LogP) is 1.92. The molecule has 7 nitrogen and oxygen atoms in total. The second-order valence-corrected chi connectivity index (χ2v) is 5.44. The summed E-state index contributed by atoms with van der Waals surface area (Å²) < 4.78 is 15.0. The van der Waals surface area contributed by atoms with Crippen molar-refractivity contribution in [1.82, 2.24) is 0 Å². The van der Waals surface area contributed by atoms with Crippen LogP contribution < -0.4 is 11.4 Å². The zero-order chi connectivity index (χ0) is 19.1. The first-order chi connectivity index (χ1) is 12.5. The Morgan fingerprint density at radius 2 is 1.77 bits per heavy atom. The van der Waals surface area contributed by atoms with Gasteiger partial charge in [0.25, 0.3) is 0 Å². The molecule has 0 bridgehead atoms. The van der Waals surface area contributed by atoms with Crippen LogP contribution in [0.1, 0.15) is 30.0 Å². The van der Waals surface area contributed by atoms with Gasteiger partial charge in [0.05, 0.1) is 13.2 Å². The number of carbonyl (C=O) groups excluding carboxylic acids is 2. The van der Waals surface area contributed by atoms with Crippen LogP contribution in [0.4, 0.5) is 0 Å². The third kappa shape index (κ3) is 4.58. The van der Waals surface area contributed by atoms with Crippen molar-refractivity contribution >= 4 is 11.9 Å². The normalized spacial score (nSPS) is 11.7. The Labute approximate surface area is 150 Å². The Kier molecular flexibility index (Phi) is 6.68. The molecule has 7 heteroatoms. The van der Waals surface area contributed by atoms with E-state index in [-0.39, 0.29) is 25.4 Å². The van der Waals surface area contributed by atoms with Crippen LogP contribution in [0.3, 0.4) is 0 Å². The summed E-state index contributed by atoms with van der Waals surface area (Å²) in [5.74, 6) is -1.55. The highest BCUT2D eigenvalue weighted by Gasteiger charge is 2.25. The first-order valence-electron chi connectivity index (χ1n) is 8.29. The molecule has 1 unspecified atom stereocenters. The lowest BCUT2D eigenvalue weighted by Crippen LogP contribution is -2.35. The van der Waals surface area contributed by atoms with Gasteiger partial charge in [-0.15, -0.1) is 0 Å². The Bertz CT molecular complexity index is 828. The molecule has 0 radical (unpaired) electrons. The second kappa shape index (κ2) is 8.96. The van der Waals surface area contributed by atoms with E-state index in [2.05, 4.69) is 0 Å². The fourth-order valence-electron chi connectivity index (χ4n) is 2.53. The molecule has 1 aromatic heterocycles. The number of rotatable bonds is 7. The first kappa shape index (κ1) is 19.4. The maximum atomic E-state index is 12.3. The van der Waals surface area contributed by atoms with Gasteiger partial charge in [-0.3, -0.25) is 4.79 Å². The van der Waals surface area contributed by atoms with Crippen LogP contribution in [-0.4, -0.2) is 31.2 Å². The van der Waals surface area contributed by atoms with Crippen molar-refractivity contribution in [2.75, 3.05) is 13.2 Å². The molecule has 0 saturated carbocycles. The summed E-state index contributed by atoms with van der Waals surface area (Å²) in [6, 6.07) is 9.15. The standard InChI is InChI=1S/C19H21NO6/c1-3-24-18(22)14(20)10-13-11-15(21)26-17(19(23)25-4-2)16(13)12-8-6-5-7-9-12/h5-9,11,14H,3-4,10,20H2,1-2H3. The molecule has 138 valence electrons. The van der Waals surface area contributed by atoms with Gasteiger partial charge in [-0.1, -0.05) is 30.3 Å². The summed E-state index contributed by atoms with van der Waals surface area (Å²) in [6.07, 6.45) is 0.0149. The molecule has 0 spiro atoms. The number of hydrogen-bond donors (Lipinski definition) is 1. The zero-order valence-electron chi connectivity index (χ0n) is 14.7. The Morgan fingerprint density at radius 3 is 2.38 bits per heavy atom. The molecule has 2 rings (SSSR count). The highest BCUT2D eigenvalue weighted by atomic mass is 16.5. The highest BCUT2D eigenvalue weighted by Crippen LogP contribution is 2.28. The van der Waals surface area contributed by atoms with E-state index in [0.717, 1.165) is 0 Å². The third-order valence-electron chi connectivity index (χ3n) is 3.60. The Hall–Kier alpha value is -2.93. The molecule has 0 saturated heterocycles. The second-order valence-electron chi connectivity index (χ2n) is 5.44. The minimum atomic E-state index is -0.978. The van der Waals surface area contributed by atoms with Crippen molar-refractivity contribution in [2.45, 2.75) is 26.3 Å². The highest BCUT2D eigenvalue weighted by molar-refractivity contribution is 5.95. The number of carbonyl (C=O) groups is 2. The first-order valence-corrected chi connectivity index (χ1v) is 8.29. The number of ether oxygens (including phenoxy) is 2. The van der Waals surface area contributed by atoms with Gasteiger partial charge in [0.1, 0.15) is 6.04 Å². The molecule has 2 N–H and O–H groups in total. The van der Waals surface area contributed by atoms with E-state index in [9.17, 15) is 14.4 Å². The summed E-state index contributed by atoms with van der Waals surface area (Å²) in [5.41, 5.74) is 6.61. The third-order valence-corrected chi connectivity index (χ3v) is 3.60. The molecule has 2 aromatic rings. The molecule has 0 fully saturated rings.